The fourth-order valence-corrected chi connectivity index (χ4v) is 6.28. The molecule has 9 heteroatoms. The zero-order chi connectivity index (χ0) is 27.9. The number of likely N-dealkylation sites (tertiary alicyclic amines) is 2. The Kier molecular flexibility index (Phi) is 7.02. The van der Waals surface area contributed by atoms with Gasteiger partial charge in [-0.25, -0.2) is 9.37 Å². The van der Waals surface area contributed by atoms with E-state index >= 15 is 0 Å². The van der Waals surface area contributed by atoms with E-state index in [4.69, 9.17) is 0 Å². The summed E-state index contributed by atoms with van der Waals surface area (Å²) in [6.07, 6.45) is 4.80. The number of nitrogens with zero attached hydrogens (tertiary/aromatic N) is 5. The zero-order valence-electron chi connectivity index (χ0n) is 22.6. The Bertz CT molecular complexity index is 1560. The smallest absolute Gasteiger partial charge is 0.262 e. The Morgan fingerprint density at radius 1 is 1.05 bits per heavy atom. The molecule has 2 fully saturated rings. The number of piperidine rings is 2. The molecule has 0 radical (unpaired) electrons. The highest BCUT2D eigenvalue weighted by molar-refractivity contribution is 5.80. The Balaban J connectivity index is 1.15. The van der Waals surface area contributed by atoms with Crippen molar-refractivity contribution < 1.29 is 14.3 Å². The Labute approximate surface area is 232 Å². The number of benzene rings is 2. The van der Waals surface area contributed by atoms with Crippen molar-refractivity contribution in [1.82, 2.24) is 23.9 Å². The third kappa shape index (κ3) is 5.07. The highest BCUT2D eigenvalue weighted by Gasteiger charge is 2.40. The van der Waals surface area contributed by atoms with Crippen LogP contribution >= 0.6 is 0 Å². The maximum absolute atomic E-state index is 13.7. The summed E-state index contributed by atoms with van der Waals surface area (Å²) < 4.78 is 16.6. The van der Waals surface area contributed by atoms with E-state index in [1.54, 1.807) is 29.0 Å². The van der Waals surface area contributed by atoms with Crippen LogP contribution in [-0.4, -0.2) is 73.8 Å². The first kappa shape index (κ1) is 26.4. The van der Waals surface area contributed by atoms with Gasteiger partial charge in [-0.15, -0.1) is 0 Å². The molecule has 8 nitrogen and oxygen atoms in total. The monoisotopic (exact) mass is 543 g/mol. The Morgan fingerprint density at radius 2 is 1.77 bits per heavy atom. The topological polar surface area (TPSA) is 83.6 Å². The van der Waals surface area contributed by atoms with E-state index in [-0.39, 0.29) is 35.7 Å². The van der Waals surface area contributed by atoms with Crippen molar-refractivity contribution in [2.45, 2.75) is 37.3 Å². The number of aliphatic hydroxyl groups is 1. The average Bonchev–Trinajstić information content (AvgIpc) is 3.40. The van der Waals surface area contributed by atoms with E-state index in [1.807, 2.05) is 23.1 Å². The summed E-state index contributed by atoms with van der Waals surface area (Å²) in [6.45, 7) is 2.75. The molecule has 0 spiro atoms. The van der Waals surface area contributed by atoms with Crippen molar-refractivity contribution in [2.24, 2.45) is 5.92 Å². The molecule has 0 bridgehead atoms. The predicted octanol–water partition coefficient (Wildman–Crippen LogP) is 3.42. The second kappa shape index (κ2) is 10.6. The second-order valence-corrected chi connectivity index (χ2v) is 11.3. The Morgan fingerprint density at radius 3 is 2.50 bits per heavy atom. The van der Waals surface area contributed by atoms with Gasteiger partial charge in [0.25, 0.3) is 5.56 Å². The van der Waals surface area contributed by atoms with Crippen molar-refractivity contribution in [3.8, 4) is 5.69 Å². The molecule has 208 valence electrons. The quantitative estimate of drug-likeness (QED) is 0.417. The molecule has 4 aromatic rings. The summed E-state index contributed by atoms with van der Waals surface area (Å²) in [7, 11) is 2.10. The third-order valence-electron chi connectivity index (χ3n) is 8.61. The van der Waals surface area contributed by atoms with Crippen molar-refractivity contribution in [2.75, 3.05) is 33.2 Å². The van der Waals surface area contributed by atoms with Gasteiger partial charge in [-0.05, 0) is 68.8 Å². The average molecular weight is 544 g/mol. The molecule has 0 aliphatic carbocycles. The molecule has 1 N–H and O–H groups in total. The van der Waals surface area contributed by atoms with Crippen LogP contribution < -0.4 is 5.56 Å². The molecule has 2 aromatic heterocycles. The molecule has 2 aliphatic heterocycles. The van der Waals surface area contributed by atoms with Crippen LogP contribution in [-0.2, 0) is 11.3 Å². The first-order valence-corrected chi connectivity index (χ1v) is 13.9. The van der Waals surface area contributed by atoms with Crippen LogP contribution in [0.5, 0.6) is 0 Å². The fourth-order valence-electron chi connectivity index (χ4n) is 6.28. The predicted molar refractivity (Wildman–Crippen MR) is 151 cm³/mol. The van der Waals surface area contributed by atoms with Crippen molar-refractivity contribution >= 4 is 16.9 Å². The number of hydrogen-bond acceptors (Lipinski definition) is 5. The number of hydrogen-bond donors (Lipinski definition) is 1. The summed E-state index contributed by atoms with van der Waals surface area (Å²) in [5.41, 5.74) is 1.02. The minimum atomic E-state index is -1.11. The van der Waals surface area contributed by atoms with Gasteiger partial charge in [-0.2, -0.15) is 0 Å². The number of halogens is 1. The van der Waals surface area contributed by atoms with Gasteiger partial charge in [-0.1, -0.05) is 30.3 Å². The third-order valence-corrected chi connectivity index (χ3v) is 8.61. The van der Waals surface area contributed by atoms with E-state index in [0.29, 0.717) is 42.7 Å². The lowest BCUT2D eigenvalue weighted by Gasteiger charge is -2.42. The SMILES string of the molecule is CN1CC[C@@H](C(=O)N2CCC(O)(Cn3cnc4c(ccn4-c4ccc(F)cc4)c3=O)CC2)[C@H](c2ccccc2)C1. The van der Waals surface area contributed by atoms with Crippen molar-refractivity contribution in [1.29, 1.82) is 0 Å². The molecule has 40 heavy (non-hydrogen) atoms. The second-order valence-electron chi connectivity index (χ2n) is 11.3. The van der Waals surface area contributed by atoms with Gasteiger partial charge in [0.2, 0.25) is 5.91 Å². The molecular formula is C31H34FN5O3. The minimum absolute atomic E-state index is 0.0795. The van der Waals surface area contributed by atoms with Gasteiger partial charge in [0.15, 0.2) is 5.65 Å². The molecule has 2 atom stereocenters. The maximum atomic E-state index is 13.7. The fraction of sp³-hybridized carbons (Fsp3) is 0.387. The number of rotatable bonds is 5. The van der Waals surface area contributed by atoms with Crippen molar-refractivity contribution in [3.63, 3.8) is 0 Å². The summed E-state index contributed by atoms with van der Waals surface area (Å²) in [5, 5.41) is 11.9. The van der Waals surface area contributed by atoms with E-state index in [0.717, 1.165) is 19.5 Å². The molecule has 1 amide bonds. The van der Waals surface area contributed by atoms with Gasteiger partial charge < -0.3 is 19.5 Å². The van der Waals surface area contributed by atoms with Crippen LogP contribution in [0.25, 0.3) is 16.7 Å². The standard InChI is InChI=1S/C31H34FN5O3/c1-34-15-11-25(27(19-34)22-5-3-2-4-6-22)29(38)35-17-13-31(40,14-18-35)20-36-21-33-28-26(30(36)39)12-16-37(28)24-9-7-23(32)8-10-24/h2-10,12,16,21,25,27,40H,11,13-15,17-20H2,1H3/t25-,27+/m1/s1. The summed E-state index contributed by atoms with van der Waals surface area (Å²) in [4.78, 5) is 35.7. The molecule has 6 rings (SSSR count). The van der Waals surface area contributed by atoms with Gasteiger partial charge in [-0.3, -0.25) is 14.2 Å². The van der Waals surface area contributed by atoms with Crippen LogP contribution in [0.1, 0.15) is 30.7 Å². The normalized spacial score (nSPS) is 21.5. The van der Waals surface area contributed by atoms with Crippen LogP contribution in [0.3, 0.4) is 0 Å². The number of aromatic nitrogens is 3. The summed E-state index contributed by atoms with van der Waals surface area (Å²) in [6, 6.07) is 18.0. The summed E-state index contributed by atoms with van der Waals surface area (Å²) in [5.74, 6) is -0.110. The van der Waals surface area contributed by atoms with Gasteiger partial charge in [0, 0.05) is 43.4 Å². The number of amides is 1. The van der Waals surface area contributed by atoms with Gasteiger partial charge >= 0.3 is 0 Å². The minimum Gasteiger partial charge on any atom is -0.388 e. The molecule has 2 saturated heterocycles. The van der Waals surface area contributed by atoms with Gasteiger partial charge in [0.05, 0.1) is 17.5 Å². The Hall–Kier alpha value is -3.82. The van der Waals surface area contributed by atoms with E-state index in [2.05, 4.69) is 29.1 Å². The maximum Gasteiger partial charge on any atom is 0.262 e. The van der Waals surface area contributed by atoms with Crippen LogP contribution in [0.2, 0.25) is 0 Å². The van der Waals surface area contributed by atoms with Crippen LogP contribution in [0, 0.1) is 11.7 Å². The lowest BCUT2D eigenvalue weighted by Crippen LogP contribution is -2.52. The molecule has 4 heterocycles. The van der Waals surface area contributed by atoms with E-state index < -0.39 is 5.60 Å². The van der Waals surface area contributed by atoms with E-state index in [9.17, 15) is 19.1 Å². The largest absolute Gasteiger partial charge is 0.388 e. The highest BCUT2D eigenvalue weighted by atomic mass is 19.1. The van der Waals surface area contributed by atoms with Crippen LogP contribution in [0.4, 0.5) is 4.39 Å². The first-order chi connectivity index (χ1) is 19.3. The van der Waals surface area contributed by atoms with Crippen LogP contribution in [0.15, 0.2) is 78.0 Å². The number of carbonyl (C=O) groups is 1. The molecule has 0 unspecified atom stereocenters. The van der Waals surface area contributed by atoms with E-state index in [1.165, 1.54) is 28.6 Å². The zero-order valence-corrected chi connectivity index (χ0v) is 22.6. The number of carbonyl (C=O) groups excluding carboxylic acids is 1. The molecule has 0 saturated carbocycles. The number of likely N-dealkylation sites (N-methyl/N-ethyl adjacent to an activating group) is 1. The first-order valence-electron chi connectivity index (χ1n) is 13.9. The lowest BCUT2D eigenvalue weighted by atomic mass is 9.79. The molecular weight excluding hydrogens is 509 g/mol. The highest BCUT2D eigenvalue weighted by Crippen LogP contribution is 2.35. The lowest BCUT2D eigenvalue weighted by molar-refractivity contribution is -0.142. The number of fused-ring (bicyclic) bond motifs is 1. The molecule has 2 aromatic carbocycles. The van der Waals surface area contributed by atoms with Gasteiger partial charge in [0.1, 0.15) is 12.1 Å². The van der Waals surface area contributed by atoms with Crippen molar-refractivity contribution in [3.05, 3.63) is 94.9 Å². The molecule has 2 aliphatic rings. The summed E-state index contributed by atoms with van der Waals surface area (Å²) >= 11 is 0.